The van der Waals surface area contributed by atoms with E-state index in [1.165, 1.54) is 14.1 Å². The molecule has 0 saturated carbocycles. The first kappa shape index (κ1) is 17.8. The van der Waals surface area contributed by atoms with E-state index in [1.807, 2.05) is 19.9 Å². The summed E-state index contributed by atoms with van der Waals surface area (Å²) in [5.74, 6) is 0.539. The molecule has 126 valence electrons. The van der Waals surface area contributed by atoms with E-state index >= 15 is 0 Å². The number of nitrogens with zero attached hydrogens (tertiary/aromatic N) is 3. The highest BCUT2D eigenvalue weighted by atomic mass is 35.5. The molecular weight excluding hydrogens is 330 g/mol. The van der Waals surface area contributed by atoms with Crippen molar-refractivity contribution in [1.29, 1.82) is 5.26 Å². The zero-order valence-electron chi connectivity index (χ0n) is 14.2. The van der Waals surface area contributed by atoms with Gasteiger partial charge in [0, 0.05) is 19.1 Å². The predicted molar refractivity (Wildman–Crippen MR) is 92.0 cm³/mol. The van der Waals surface area contributed by atoms with Crippen LogP contribution in [0.3, 0.4) is 0 Å². The fraction of sp³-hybridized carbons (Fsp3) is 0.353. The van der Waals surface area contributed by atoms with Gasteiger partial charge in [0.1, 0.15) is 11.8 Å². The molecule has 0 amide bonds. The Hall–Kier alpha value is -2.52. The molecule has 0 radical (unpaired) electrons. The predicted octanol–water partition coefficient (Wildman–Crippen LogP) is 2.83. The summed E-state index contributed by atoms with van der Waals surface area (Å²) < 4.78 is 7.81. The summed E-state index contributed by atoms with van der Waals surface area (Å²) in [6, 6.07) is 5.35. The molecule has 24 heavy (non-hydrogen) atoms. The number of rotatable bonds is 3. The molecule has 0 N–H and O–H groups in total. The van der Waals surface area contributed by atoms with Crippen molar-refractivity contribution in [2.75, 3.05) is 0 Å². The third-order valence-electron chi connectivity index (χ3n) is 3.85. The van der Waals surface area contributed by atoms with Gasteiger partial charge < -0.3 is 4.74 Å². The minimum absolute atomic E-state index is 0.0780. The molecule has 0 saturated heterocycles. The molecule has 1 aromatic heterocycles. The molecule has 0 aliphatic rings. The van der Waals surface area contributed by atoms with Gasteiger partial charge in [0.05, 0.1) is 0 Å². The normalized spacial score (nSPS) is 10.8. The highest BCUT2D eigenvalue weighted by molar-refractivity contribution is 6.31. The second kappa shape index (κ2) is 6.54. The van der Waals surface area contributed by atoms with Crippen LogP contribution < -0.4 is 16.0 Å². The van der Waals surface area contributed by atoms with Crippen LogP contribution in [0.2, 0.25) is 5.02 Å². The number of hydrogen-bond donors (Lipinski definition) is 0. The van der Waals surface area contributed by atoms with Crippen molar-refractivity contribution in [2.24, 2.45) is 14.1 Å². The van der Waals surface area contributed by atoms with Gasteiger partial charge in [-0.3, -0.25) is 13.9 Å². The Labute approximate surface area is 144 Å². The maximum absolute atomic E-state index is 12.1. The number of benzene rings is 1. The van der Waals surface area contributed by atoms with E-state index in [4.69, 9.17) is 16.3 Å². The molecule has 2 aromatic rings. The van der Waals surface area contributed by atoms with E-state index in [-0.39, 0.29) is 17.4 Å². The Balaban J connectivity index is 2.70. The lowest BCUT2D eigenvalue weighted by molar-refractivity contribution is 0.418. The number of hydrogen-bond acceptors (Lipinski definition) is 4. The summed E-state index contributed by atoms with van der Waals surface area (Å²) in [5.41, 5.74) is 0.141. The molecule has 0 fully saturated rings. The summed E-state index contributed by atoms with van der Waals surface area (Å²) >= 11 is 6.24. The van der Waals surface area contributed by atoms with Crippen molar-refractivity contribution in [3.63, 3.8) is 0 Å². The van der Waals surface area contributed by atoms with Crippen LogP contribution in [0.1, 0.15) is 36.5 Å². The monoisotopic (exact) mass is 347 g/mol. The average Bonchev–Trinajstić information content (AvgIpc) is 2.52. The van der Waals surface area contributed by atoms with Crippen LogP contribution in [0.25, 0.3) is 0 Å². The van der Waals surface area contributed by atoms with Crippen LogP contribution in [0.4, 0.5) is 0 Å². The maximum Gasteiger partial charge on any atom is 0.333 e. The van der Waals surface area contributed by atoms with Crippen molar-refractivity contribution in [3.8, 4) is 17.7 Å². The molecule has 1 aromatic carbocycles. The second-order valence-corrected chi connectivity index (χ2v) is 6.30. The van der Waals surface area contributed by atoms with Crippen LogP contribution in [-0.2, 0) is 14.1 Å². The van der Waals surface area contributed by atoms with Crippen LogP contribution in [-0.4, -0.2) is 9.13 Å². The summed E-state index contributed by atoms with van der Waals surface area (Å²) in [6.07, 6.45) is 0. The lowest BCUT2D eigenvalue weighted by Gasteiger charge is -2.17. The van der Waals surface area contributed by atoms with Crippen molar-refractivity contribution in [2.45, 2.75) is 26.7 Å². The Morgan fingerprint density at radius 3 is 2.38 bits per heavy atom. The van der Waals surface area contributed by atoms with Gasteiger partial charge in [-0.2, -0.15) is 5.26 Å². The van der Waals surface area contributed by atoms with Crippen molar-refractivity contribution < 1.29 is 4.74 Å². The van der Waals surface area contributed by atoms with Gasteiger partial charge in [-0.15, -0.1) is 0 Å². The van der Waals surface area contributed by atoms with Gasteiger partial charge in [0.2, 0.25) is 5.88 Å². The van der Waals surface area contributed by atoms with Crippen molar-refractivity contribution in [3.05, 3.63) is 54.7 Å². The number of aromatic nitrogens is 2. The number of ether oxygens (including phenoxy) is 1. The minimum Gasteiger partial charge on any atom is -0.439 e. The Morgan fingerprint density at radius 2 is 1.83 bits per heavy atom. The Bertz CT molecular complexity index is 965. The van der Waals surface area contributed by atoms with E-state index in [0.29, 0.717) is 10.8 Å². The molecule has 2 rings (SSSR count). The lowest BCUT2D eigenvalue weighted by atomic mass is 10.0. The average molecular weight is 348 g/mol. The largest absolute Gasteiger partial charge is 0.439 e. The van der Waals surface area contributed by atoms with Gasteiger partial charge in [-0.1, -0.05) is 25.4 Å². The van der Waals surface area contributed by atoms with Gasteiger partial charge in [0.15, 0.2) is 5.56 Å². The summed E-state index contributed by atoms with van der Waals surface area (Å²) in [5, 5.41) is 9.91. The molecule has 0 aliphatic heterocycles. The molecule has 6 nitrogen and oxygen atoms in total. The highest BCUT2D eigenvalue weighted by Crippen LogP contribution is 2.33. The SMILES string of the molecule is Cc1cc(Cl)c(C(C)C)cc1Oc1c(C#N)c(=O)n(C)c(=O)n1C. The molecule has 0 atom stereocenters. The van der Waals surface area contributed by atoms with Gasteiger partial charge in [-0.25, -0.2) is 4.79 Å². The first-order chi connectivity index (χ1) is 11.2. The zero-order valence-corrected chi connectivity index (χ0v) is 14.9. The van der Waals surface area contributed by atoms with Crippen LogP contribution in [0.15, 0.2) is 21.7 Å². The first-order valence-corrected chi connectivity index (χ1v) is 7.74. The smallest absolute Gasteiger partial charge is 0.333 e. The third-order valence-corrected chi connectivity index (χ3v) is 4.17. The van der Waals surface area contributed by atoms with E-state index in [9.17, 15) is 14.9 Å². The molecular formula is C17H18ClN3O3. The Morgan fingerprint density at radius 1 is 1.21 bits per heavy atom. The fourth-order valence-corrected chi connectivity index (χ4v) is 2.80. The first-order valence-electron chi connectivity index (χ1n) is 7.37. The summed E-state index contributed by atoms with van der Waals surface area (Å²) in [6.45, 7) is 5.79. The Kier molecular flexibility index (Phi) is 4.86. The molecule has 7 heteroatoms. The van der Waals surface area contributed by atoms with Crippen LogP contribution >= 0.6 is 11.6 Å². The van der Waals surface area contributed by atoms with E-state index in [1.54, 1.807) is 19.1 Å². The topological polar surface area (TPSA) is 77.0 Å². The second-order valence-electron chi connectivity index (χ2n) is 5.89. The van der Waals surface area contributed by atoms with Crippen molar-refractivity contribution >= 4 is 11.6 Å². The number of aryl methyl sites for hydroxylation is 1. The zero-order chi connectivity index (χ0) is 18.2. The molecule has 0 spiro atoms. The van der Waals surface area contributed by atoms with Gasteiger partial charge in [0.25, 0.3) is 5.56 Å². The molecule has 1 heterocycles. The van der Waals surface area contributed by atoms with E-state index in [0.717, 1.165) is 20.3 Å². The highest BCUT2D eigenvalue weighted by Gasteiger charge is 2.19. The van der Waals surface area contributed by atoms with Crippen LogP contribution in [0, 0.1) is 18.3 Å². The van der Waals surface area contributed by atoms with Crippen LogP contribution in [0.5, 0.6) is 11.6 Å². The lowest BCUT2D eigenvalue weighted by Crippen LogP contribution is -2.38. The maximum atomic E-state index is 12.1. The molecule has 0 bridgehead atoms. The standard InChI is InChI=1S/C17H18ClN3O3/c1-9(2)11-7-14(10(3)6-13(11)18)24-16-12(8-19)15(22)20(4)17(23)21(16)5/h6-7,9H,1-5H3. The van der Waals surface area contributed by atoms with E-state index < -0.39 is 11.2 Å². The van der Waals surface area contributed by atoms with E-state index in [2.05, 4.69) is 0 Å². The van der Waals surface area contributed by atoms with Crippen molar-refractivity contribution in [1.82, 2.24) is 9.13 Å². The van der Waals surface area contributed by atoms with Gasteiger partial charge >= 0.3 is 5.69 Å². The third kappa shape index (κ3) is 2.95. The number of nitriles is 1. The van der Waals surface area contributed by atoms with Gasteiger partial charge in [-0.05, 0) is 36.1 Å². The molecule has 0 unspecified atom stereocenters. The quantitative estimate of drug-likeness (QED) is 0.855. The number of halogens is 1. The summed E-state index contributed by atoms with van der Waals surface area (Å²) in [4.78, 5) is 24.2. The fourth-order valence-electron chi connectivity index (χ4n) is 2.37. The summed E-state index contributed by atoms with van der Waals surface area (Å²) in [7, 11) is 2.77. The minimum atomic E-state index is -0.689. The molecule has 0 aliphatic carbocycles.